The molecular formula is C17H26ClN3O3S. The molecule has 2 aliphatic rings. The molecule has 8 heteroatoms. The van der Waals surface area contributed by atoms with E-state index >= 15 is 0 Å². The van der Waals surface area contributed by atoms with Gasteiger partial charge < -0.3 is 10.2 Å². The van der Waals surface area contributed by atoms with Crippen molar-refractivity contribution in [2.24, 2.45) is 0 Å². The molecule has 2 saturated heterocycles. The van der Waals surface area contributed by atoms with Crippen LogP contribution in [0.4, 0.5) is 0 Å². The fraction of sp³-hybridized carbons (Fsp3) is 0.588. The summed E-state index contributed by atoms with van der Waals surface area (Å²) >= 11 is 0. The molecule has 0 aromatic heterocycles. The maximum absolute atomic E-state index is 12.9. The first-order chi connectivity index (χ1) is 11.5. The molecule has 140 valence electrons. The van der Waals surface area contributed by atoms with Crippen LogP contribution in [-0.4, -0.2) is 75.2 Å². The van der Waals surface area contributed by atoms with Gasteiger partial charge in [0.2, 0.25) is 0 Å². The molecule has 0 aliphatic carbocycles. The van der Waals surface area contributed by atoms with Crippen LogP contribution in [0, 0.1) is 0 Å². The number of nitrogens with zero attached hydrogens (tertiary/aromatic N) is 2. The first kappa shape index (κ1) is 20.2. The number of rotatable bonds is 4. The first-order valence-corrected chi connectivity index (χ1v) is 10.2. The van der Waals surface area contributed by atoms with Crippen LogP contribution >= 0.6 is 12.4 Å². The molecule has 0 bridgehead atoms. The SMILES string of the molecule is CCS(=O)(=O)c1ccccc1C(=O)N1CCC(N2CCNCC2)C1.Cl. The van der Waals surface area contributed by atoms with Gasteiger partial charge in [0.1, 0.15) is 0 Å². The van der Waals surface area contributed by atoms with E-state index in [1.165, 1.54) is 6.07 Å². The van der Waals surface area contributed by atoms with Crippen LogP contribution in [0.15, 0.2) is 29.2 Å². The van der Waals surface area contributed by atoms with Gasteiger partial charge in [0, 0.05) is 45.3 Å². The Morgan fingerprint density at radius 1 is 1.20 bits per heavy atom. The van der Waals surface area contributed by atoms with Crippen LogP contribution < -0.4 is 5.32 Å². The molecule has 0 spiro atoms. The summed E-state index contributed by atoms with van der Waals surface area (Å²) in [6.07, 6.45) is 0.953. The number of carbonyl (C=O) groups is 1. The highest BCUT2D eigenvalue weighted by Gasteiger charge is 2.33. The molecule has 0 radical (unpaired) electrons. The van der Waals surface area contributed by atoms with Gasteiger partial charge in [-0.25, -0.2) is 8.42 Å². The van der Waals surface area contributed by atoms with Gasteiger partial charge in [-0.15, -0.1) is 12.4 Å². The van der Waals surface area contributed by atoms with Crippen molar-refractivity contribution in [2.75, 3.05) is 45.0 Å². The summed E-state index contributed by atoms with van der Waals surface area (Å²) in [6.45, 7) is 6.96. The predicted octanol–water partition coefficient (Wildman–Crippen LogP) is 1.02. The zero-order valence-corrected chi connectivity index (χ0v) is 16.1. The number of hydrogen-bond donors (Lipinski definition) is 1. The van der Waals surface area contributed by atoms with Crippen LogP contribution in [0.3, 0.4) is 0 Å². The Morgan fingerprint density at radius 2 is 1.88 bits per heavy atom. The minimum Gasteiger partial charge on any atom is -0.337 e. The quantitative estimate of drug-likeness (QED) is 0.835. The average Bonchev–Trinajstić information content (AvgIpc) is 3.12. The van der Waals surface area contributed by atoms with Gasteiger partial charge in [0.25, 0.3) is 5.91 Å². The number of piperazine rings is 1. The second-order valence-electron chi connectivity index (χ2n) is 6.38. The monoisotopic (exact) mass is 387 g/mol. The molecule has 2 aliphatic heterocycles. The van der Waals surface area contributed by atoms with Gasteiger partial charge in [-0.1, -0.05) is 19.1 Å². The van der Waals surface area contributed by atoms with Crippen LogP contribution in [0.25, 0.3) is 0 Å². The maximum Gasteiger partial charge on any atom is 0.255 e. The second-order valence-corrected chi connectivity index (χ2v) is 8.63. The Hall–Kier alpha value is -1.15. The minimum absolute atomic E-state index is 0. The van der Waals surface area contributed by atoms with Gasteiger partial charge in [-0.2, -0.15) is 0 Å². The Kier molecular flexibility index (Phi) is 6.85. The zero-order valence-electron chi connectivity index (χ0n) is 14.5. The molecule has 2 fully saturated rings. The summed E-state index contributed by atoms with van der Waals surface area (Å²) in [5.41, 5.74) is 0.306. The Morgan fingerprint density at radius 3 is 2.56 bits per heavy atom. The molecular weight excluding hydrogens is 362 g/mol. The van der Waals surface area contributed by atoms with Gasteiger partial charge in [-0.3, -0.25) is 9.69 Å². The normalized spacial score (nSPS) is 21.8. The first-order valence-electron chi connectivity index (χ1n) is 8.59. The lowest BCUT2D eigenvalue weighted by Gasteiger charge is -2.32. The van der Waals surface area contributed by atoms with Crippen molar-refractivity contribution >= 4 is 28.2 Å². The lowest BCUT2D eigenvalue weighted by molar-refractivity contribution is 0.0769. The Labute approximate surface area is 155 Å². The molecule has 2 heterocycles. The number of benzene rings is 1. The highest BCUT2D eigenvalue weighted by atomic mass is 35.5. The standard InChI is InChI=1S/C17H25N3O3S.ClH/c1-2-24(22,23)16-6-4-3-5-15(16)17(21)20-10-7-14(13-20)19-11-8-18-9-12-19;/h3-6,14,18H,2,7-13H2,1H3;1H. The van der Waals surface area contributed by atoms with Crippen LogP contribution in [0.5, 0.6) is 0 Å². The van der Waals surface area contributed by atoms with E-state index in [-0.39, 0.29) is 29.0 Å². The number of nitrogens with one attached hydrogen (secondary N) is 1. The zero-order chi connectivity index (χ0) is 17.2. The highest BCUT2D eigenvalue weighted by molar-refractivity contribution is 7.91. The Balaban J connectivity index is 0.00000225. The number of carbonyl (C=O) groups excluding carboxylic acids is 1. The van der Waals surface area contributed by atoms with E-state index in [4.69, 9.17) is 0 Å². The van der Waals surface area contributed by atoms with Crippen molar-refractivity contribution in [1.29, 1.82) is 0 Å². The maximum atomic E-state index is 12.9. The largest absolute Gasteiger partial charge is 0.337 e. The molecule has 1 aromatic carbocycles. The van der Waals surface area contributed by atoms with Crippen LogP contribution in [0.2, 0.25) is 0 Å². The fourth-order valence-electron chi connectivity index (χ4n) is 3.51. The van der Waals surface area contributed by atoms with E-state index in [2.05, 4.69) is 10.2 Å². The molecule has 1 atom stereocenters. The third-order valence-electron chi connectivity index (χ3n) is 4.95. The van der Waals surface area contributed by atoms with Crippen molar-refractivity contribution in [1.82, 2.24) is 15.1 Å². The molecule has 3 rings (SSSR count). The van der Waals surface area contributed by atoms with Gasteiger partial charge in [0.05, 0.1) is 16.2 Å². The van der Waals surface area contributed by atoms with Crippen molar-refractivity contribution in [3.05, 3.63) is 29.8 Å². The van der Waals surface area contributed by atoms with Crippen molar-refractivity contribution in [2.45, 2.75) is 24.3 Å². The fourth-order valence-corrected chi connectivity index (χ4v) is 4.60. The van der Waals surface area contributed by atoms with E-state index in [1.807, 2.05) is 0 Å². The third-order valence-corrected chi connectivity index (χ3v) is 6.74. The van der Waals surface area contributed by atoms with E-state index in [9.17, 15) is 13.2 Å². The van der Waals surface area contributed by atoms with Crippen molar-refractivity contribution in [3.63, 3.8) is 0 Å². The van der Waals surface area contributed by atoms with Gasteiger partial charge in [-0.05, 0) is 18.6 Å². The van der Waals surface area contributed by atoms with E-state index < -0.39 is 9.84 Å². The summed E-state index contributed by atoms with van der Waals surface area (Å²) in [7, 11) is -3.40. The van der Waals surface area contributed by atoms with Crippen molar-refractivity contribution < 1.29 is 13.2 Å². The number of hydrogen-bond acceptors (Lipinski definition) is 5. The summed E-state index contributed by atoms with van der Waals surface area (Å²) < 4.78 is 24.5. The molecule has 1 amide bonds. The summed E-state index contributed by atoms with van der Waals surface area (Å²) in [5, 5.41) is 3.34. The van der Waals surface area contributed by atoms with E-state index in [0.29, 0.717) is 24.7 Å². The number of likely N-dealkylation sites (tertiary alicyclic amines) is 1. The molecule has 1 unspecified atom stereocenters. The third kappa shape index (κ3) is 4.34. The number of halogens is 1. The summed E-state index contributed by atoms with van der Waals surface area (Å²) in [4.78, 5) is 17.3. The molecule has 1 aromatic rings. The smallest absolute Gasteiger partial charge is 0.255 e. The second kappa shape index (κ2) is 8.49. The summed E-state index contributed by atoms with van der Waals surface area (Å²) in [5.74, 6) is -0.166. The van der Waals surface area contributed by atoms with Crippen molar-refractivity contribution in [3.8, 4) is 0 Å². The molecule has 6 nitrogen and oxygen atoms in total. The predicted molar refractivity (Wildman–Crippen MR) is 100 cm³/mol. The van der Waals surface area contributed by atoms with Crippen LogP contribution in [-0.2, 0) is 9.84 Å². The summed E-state index contributed by atoms with van der Waals surface area (Å²) in [6, 6.07) is 6.95. The topological polar surface area (TPSA) is 69.7 Å². The van der Waals surface area contributed by atoms with Gasteiger partial charge >= 0.3 is 0 Å². The average molecular weight is 388 g/mol. The van der Waals surface area contributed by atoms with Gasteiger partial charge in [0.15, 0.2) is 9.84 Å². The minimum atomic E-state index is -3.40. The number of amides is 1. The lowest BCUT2D eigenvalue weighted by Crippen LogP contribution is -2.49. The van der Waals surface area contributed by atoms with Crippen LogP contribution in [0.1, 0.15) is 23.7 Å². The number of sulfone groups is 1. The highest BCUT2D eigenvalue weighted by Crippen LogP contribution is 2.23. The molecule has 0 saturated carbocycles. The lowest BCUT2D eigenvalue weighted by atomic mass is 10.2. The molecule has 1 N–H and O–H groups in total. The van der Waals surface area contributed by atoms with E-state index in [0.717, 1.165) is 32.6 Å². The van der Waals surface area contributed by atoms with E-state index in [1.54, 1.807) is 30.0 Å². The Bertz CT molecular complexity index is 705. The molecule has 25 heavy (non-hydrogen) atoms.